The van der Waals surface area contributed by atoms with Crippen LogP contribution in [0.25, 0.3) is 0 Å². The number of halogens is 1. The number of aryl methyl sites for hydroxylation is 1. The summed E-state index contributed by atoms with van der Waals surface area (Å²) in [5.74, 6) is -1.26. The van der Waals surface area contributed by atoms with Crippen molar-refractivity contribution in [3.8, 4) is 0 Å². The highest BCUT2D eigenvalue weighted by molar-refractivity contribution is 9.10. The van der Waals surface area contributed by atoms with Crippen LogP contribution in [0, 0.1) is 6.92 Å². The van der Waals surface area contributed by atoms with Crippen LogP contribution in [0.5, 0.6) is 0 Å². The summed E-state index contributed by atoms with van der Waals surface area (Å²) in [6.45, 7) is 3.36. The molecule has 0 bridgehead atoms. The Balaban J connectivity index is 2.82. The van der Waals surface area contributed by atoms with E-state index in [4.69, 9.17) is 0 Å². The van der Waals surface area contributed by atoms with E-state index in [-0.39, 0.29) is 5.91 Å². The van der Waals surface area contributed by atoms with Crippen LogP contribution in [-0.4, -0.2) is 28.9 Å². The first-order valence-electron chi connectivity index (χ1n) is 5.12. The van der Waals surface area contributed by atoms with Gasteiger partial charge < -0.3 is 10.0 Å². The second kappa shape index (κ2) is 3.57. The smallest absolute Gasteiger partial charge is 0.334 e. The van der Waals surface area contributed by atoms with E-state index in [1.165, 1.54) is 11.9 Å². The quantitative estimate of drug-likeness (QED) is 0.864. The second-order valence-corrected chi connectivity index (χ2v) is 5.30. The molecule has 0 aromatic heterocycles. The number of benzene rings is 1. The number of hydrogen-bond donors (Lipinski definition) is 1. The number of carbonyl (C=O) groups is 2. The molecule has 5 heteroatoms. The van der Waals surface area contributed by atoms with Crippen LogP contribution >= 0.6 is 15.9 Å². The van der Waals surface area contributed by atoms with Gasteiger partial charge in [-0.3, -0.25) is 4.79 Å². The van der Waals surface area contributed by atoms with Crippen LogP contribution < -0.4 is 0 Å². The topological polar surface area (TPSA) is 57.6 Å². The average molecular weight is 298 g/mol. The summed E-state index contributed by atoms with van der Waals surface area (Å²) in [6, 6.07) is 3.52. The van der Waals surface area contributed by atoms with E-state index in [9.17, 15) is 14.7 Å². The summed E-state index contributed by atoms with van der Waals surface area (Å²) in [5, 5.41) is 9.38. The average Bonchev–Trinajstić information content (AvgIpc) is 2.42. The van der Waals surface area contributed by atoms with Gasteiger partial charge in [-0.2, -0.15) is 0 Å². The lowest BCUT2D eigenvalue weighted by Crippen LogP contribution is -2.45. The van der Waals surface area contributed by atoms with E-state index < -0.39 is 11.5 Å². The van der Waals surface area contributed by atoms with Crippen molar-refractivity contribution >= 4 is 27.8 Å². The lowest BCUT2D eigenvalue weighted by atomic mass is 9.90. The molecule has 2 rings (SSSR count). The molecule has 1 aromatic carbocycles. The number of likely N-dealkylation sites (N-methyl/N-ethyl adjacent to an activating group) is 1. The molecule has 1 heterocycles. The number of rotatable bonds is 1. The first-order chi connectivity index (χ1) is 7.80. The normalized spacial score (nSPS) is 22.8. The third-order valence-electron chi connectivity index (χ3n) is 3.43. The summed E-state index contributed by atoms with van der Waals surface area (Å²) < 4.78 is 0.782. The molecule has 0 saturated heterocycles. The first-order valence-corrected chi connectivity index (χ1v) is 5.91. The Bertz CT molecular complexity index is 541. The van der Waals surface area contributed by atoms with Crippen LogP contribution in [0.4, 0.5) is 0 Å². The molecular formula is C12H12BrNO3. The summed E-state index contributed by atoms with van der Waals surface area (Å²) in [5.41, 5.74) is 0.544. The minimum atomic E-state index is -1.29. The first kappa shape index (κ1) is 12.1. The molecule has 1 amide bonds. The maximum absolute atomic E-state index is 12.1. The van der Waals surface area contributed by atoms with E-state index in [1.807, 2.05) is 13.0 Å². The summed E-state index contributed by atoms with van der Waals surface area (Å²) in [4.78, 5) is 24.8. The van der Waals surface area contributed by atoms with E-state index in [0.717, 1.165) is 10.0 Å². The minimum absolute atomic E-state index is 0.241. The Kier molecular flexibility index (Phi) is 2.54. The van der Waals surface area contributed by atoms with Gasteiger partial charge in [0.1, 0.15) is 0 Å². The Hall–Kier alpha value is -1.36. The Morgan fingerprint density at radius 1 is 1.47 bits per heavy atom. The number of aliphatic carboxylic acids is 1. The van der Waals surface area contributed by atoms with E-state index in [2.05, 4.69) is 15.9 Å². The highest BCUT2D eigenvalue weighted by Crippen LogP contribution is 2.40. The Morgan fingerprint density at radius 2 is 2.06 bits per heavy atom. The van der Waals surface area contributed by atoms with Gasteiger partial charge in [-0.05, 0) is 31.5 Å². The van der Waals surface area contributed by atoms with E-state index >= 15 is 0 Å². The third-order valence-corrected chi connectivity index (χ3v) is 3.89. The number of carboxylic acid groups (broad SMARTS) is 1. The third kappa shape index (κ3) is 1.42. The molecule has 0 aliphatic carbocycles. The molecule has 1 aromatic rings. The van der Waals surface area contributed by atoms with Crippen molar-refractivity contribution in [3.05, 3.63) is 33.3 Å². The predicted molar refractivity (Wildman–Crippen MR) is 66.0 cm³/mol. The van der Waals surface area contributed by atoms with Gasteiger partial charge in [0.2, 0.25) is 0 Å². The van der Waals surface area contributed by atoms with E-state index in [1.54, 1.807) is 13.0 Å². The van der Waals surface area contributed by atoms with Crippen molar-refractivity contribution in [1.82, 2.24) is 4.90 Å². The van der Waals surface area contributed by atoms with Gasteiger partial charge in [0.15, 0.2) is 5.54 Å². The molecule has 0 radical (unpaired) electrons. The van der Waals surface area contributed by atoms with Crippen molar-refractivity contribution in [2.24, 2.45) is 0 Å². The number of carboxylic acids is 1. The van der Waals surface area contributed by atoms with Gasteiger partial charge in [-0.1, -0.05) is 15.9 Å². The van der Waals surface area contributed by atoms with Gasteiger partial charge in [-0.25, -0.2) is 4.79 Å². The van der Waals surface area contributed by atoms with Gasteiger partial charge >= 0.3 is 5.97 Å². The van der Waals surface area contributed by atoms with Crippen molar-refractivity contribution in [2.45, 2.75) is 19.4 Å². The van der Waals surface area contributed by atoms with Gasteiger partial charge in [0.25, 0.3) is 5.91 Å². The predicted octanol–water partition coefficient (Wildman–Crippen LogP) is 2.14. The summed E-state index contributed by atoms with van der Waals surface area (Å²) in [6.07, 6.45) is 0. The van der Waals surface area contributed by atoms with Gasteiger partial charge in [0, 0.05) is 22.6 Å². The fourth-order valence-electron chi connectivity index (χ4n) is 2.22. The maximum atomic E-state index is 12.1. The molecule has 0 fully saturated rings. The lowest BCUT2D eigenvalue weighted by molar-refractivity contribution is -0.148. The summed E-state index contributed by atoms with van der Waals surface area (Å²) >= 11 is 3.33. The van der Waals surface area contributed by atoms with Crippen molar-refractivity contribution in [1.29, 1.82) is 0 Å². The fourth-order valence-corrected chi connectivity index (χ4v) is 2.79. The fraction of sp³-hybridized carbons (Fsp3) is 0.333. The molecule has 1 atom stereocenters. The Morgan fingerprint density at radius 3 is 2.59 bits per heavy atom. The van der Waals surface area contributed by atoms with Gasteiger partial charge in [-0.15, -0.1) is 0 Å². The molecule has 1 aliphatic heterocycles. The zero-order valence-electron chi connectivity index (χ0n) is 9.74. The molecule has 4 nitrogen and oxygen atoms in total. The summed E-state index contributed by atoms with van der Waals surface area (Å²) in [7, 11) is 1.52. The highest BCUT2D eigenvalue weighted by Gasteiger charge is 2.50. The molecular weight excluding hydrogens is 286 g/mol. The molecule has 0 spiro atoms. The van der Waals surface area contributed by atoms with Crippen LogP contribution in [-0.2, 0) is 10.3 Å². The molecule has 1 unspecified atom stereocenters. The molecule has 0 saturated carbocycles. The molecule has 1 aliphatic rings. The standard InChI is InChI=1S/C12H12BrNO3/c1-6-4-7(13)5-8-9(6)10(15)14(3)12(8,2)11(16)17/h4-5H,1-3H3,(H,16,17). The molecule has 1 N–H and O–H groups in total. The monoisotopic (exact) mass is 297 g/mol. The van der Waals surface area contributed by atoms with Crippen LogP contribution in [0.1, 0.15) is 28.4 Å². The van der Waals surface area contributed by atoms with Crippen LogP contribution in [0.3, 0.4) is 0 Å². The SMILES string of the molecule is Cc1cc(Br)cc2c1C(=O)N(C)C2(C)C(=O)O. The number of nitrogens with zero attached hydrogens (tertiary/aromatic N) is 1. The number of fused-ring (bicyclic) bond motifs is 1. The molecule has 90 valence electrons. The lowest BCUT2D eigenvalue weighted by Gasteiger charge is -2.28. The number of amides is 1. The van der Waals surface area contributed by atoms with Crippen molar-refractivity contribution in [2.75, 3.05) is 7.05 Å². The van der Waals surface area contributed by atoms with Crippen LogP contribution in [0.15, 0.2) is 16.6 Å². The number of carbonyl (C=O) groups excluding carboxylic acids is 1. The maximum Gasteiger partial charge on any atom is 0.334 e. The zero-order chi connectivity index (χ0) is 13.0. The van der Waals surface area contributed by atoms with Crippen molar-refractivity contribution < 1.29 is 14.7 Å². The highest BCUT2D eigenvalue weighted by atomic mass is 79.9. The second-order valence-electron chi connectivity index (χ2n) is 4.39. The molecule has 17 heavy (non-hydrogen) atoms. The number of hydrogen-bond acceptors (Lipinski definition) is 2. The Labute approximate surface area is 107 Å². The van der Waals surface area contributed by atoms with Crippen LogP contribution in [0.2, 0.25) is 0 Å². The van der Waals surface area contributed by atoms with E-state index in [0.29, 0.717) is 11.1 Å². The largest absolute Gasteiger partial charge is 0.479 e. The zero-order valence-corrected chi connectivity index (χ0v) is 11.3. The van der Waals surface area contributed by atoms with Crippen molar-refractivity contribution in [3.63, 3.8) is 0 Å². The van der Waals surface area contributed by atoms with Gasteiger partial charge in [0.05, 0.1) is 0 Å². The minimum Gasteiger partial charge on any atom is -0.479 e.